The lowest BCUT2D eigenvalue weighted by atomic mass is 9.96. The Bertz CT molecular complexity index is 750. The van der Waals surface area contributed by atoms with Gasteiger partial charge in [-0.15, -0.1) is 0 Å². The van der Waals surface area contributed by atoms with Crippen molar-refractivity contribution in [3.8, 4) is 11.5 Å². The zero-order chi connectivity index (χ0) is 19.9. The number of hydrogen-bond acceptors (Lipinski definition) is 6. The molecule has 0 bridgehead atoms. The van der Waals surface area contributed by atoms with Gasteiger partial charge in [-0.1, -0.05) is 25.9 Å². The molecule has 2 aromatic rings. The summed E-state index contributed by atoms with van der Waals surface area (Å²) in [6.07, 6.45) is 1.57. The second-order valence-electron chi connectivity index (χ2n) is 7.19. The molecule has 0 aliphatic heterocycles. The first kappa shape index (κ1) is 20.7. The van der Waals surface area contributed by atoms with E-state index in [0.717, 1.165) is 0 Å². The van der Waals surface area contributed by atoms with Crippen LogP contribution in [0.4, 0.5) is 5.69 Å². The van der Waals surface area contributed by atoms with E-state index in [-0.39, 0.29) is 11.3 Å². The van der Waals surface area contributed by atoms with E-state index in [2.05, 4.69) is 15.5 Å². The number of hydrogen-bond donors (Lipinski definition) is 1. The second-order valence-corrected chi connectivity index (χ2v) is 7.19. The number of benzene rings is 1. The van der Waals surface area contributed by atoms with Crippen molar-refractivity contribution in [2.75, 3.05) is 18.5 Å². The fraction of sp³-hybridized carbons (Fsp3) is 0.550. The summed E-state index contributed by atoms with van der Waals surface area (Å²) in [4.78, 5) is 16.6. The van der Waals surface area contributed by atoms with Gasteiger partial charge in [0.15, 0.2) is 17.3 Å². The Morgan fingerprint density at radius 1 is 1.15 bits per heavy atom. The Labute approximate surface area is 160 Å². The van der Waals surface area contributed by atoms with Crippen molar-refractivity contribution >= 4 is 11.6 Å². The van der Waals surface area contributed by atoms with Crippen LogP contribution in [0.15, 0.2) is 22.7 Å². The summed E-state index contributed by atoms with van der Waals surface area (Å²) >= 11 is 0. The number of nitrogens with one attached hydrogen (secondary N) is 1. The third kappa shape index (κ3) is 6.27. The molecule has 0 aliphatic rings. The van der Waals surface area contributed by atoms with Gasteiger partial charge in [0, 0.05) is 30.0 Å². The first-order valence-electron chi connectivity index (χ1n) is 9.36. The van der Waals surface area contributed by atoms with Crippen LogP contribution in [-0.2, 0) is 16.6 Å². The van der Waals surface area contributed by atoms with Crippen LogP contribution in [0.3, 0.4) is 0 Å². The number of nitrogens with zero attached hydrogens (tertiary/aromatic N) is 2. The van der Waals surface area contributed by atoms with Crippen molar-refractivity contribution in [3.05, 3.63) is 29.9 Å². The van der Waals surface area contributed by atoms with E-state index in [1.165, 1.54) is 0 Å². The molecular weight excluding hydrogens is 346 g/mol. The number of carbonyl (C=O) groups excluding carboxylic acids is 1. The molecule has 0 radical (unpaired) electrons. The third-order valence-electron chi connectivity index (χ3n) is 3.76. The van der Waals surface area contributed by atoms with E-state index in [4.69, 9.17) is 14.0 Å². The van der Waals surface area contributed by atoms with Gasteiger partial charge in [0.1, 0.15) is 0 Å². The number of ether oxygens (including phenoxy) is 2. The maximum atomic E-state index is 12.2. The summed E-state index contributed by atoms with van der Waals surface area (Å²) in [5.41, 5.74) is 0.533. The highest BCUT2D eigenvalue weighted by atomic mass is 16.5. The lowest BCUT2D eigenvalue weighted by molar-refractivity contribution is -0.116. The van der Waals surface area contributed by atoms with Crippen molar-refractivity contribution in [3.63, 3.8) is 0 Å². The van der Waals surface area contributed by atoms with Crippen molar-refractivity contribution in [1.82, 2.24) is 10.1 Å². The highest BCUT2D eigenvalue weighted by molar-refractivity contribution is 5.91. The van der Waals surface area contributed by atoms with E-state index in [9.17, 15) is 4.79 Å². The van der Waals surface area contributed by atoms with E-state index in [1.807, 2.05) is 34.6 Å². The molecule has 1 aromatic heterocycles. The summed E-state index contributed by atoms with van der Waals surface area (Å²) < 4.78 is 16.4. The van der Waals surface area contributed by atoms with Gasteiger partial charge in [0.05, 0.1) is 13.2 Å². The quantitative estimate of drug-likeness (QED) is 0.709. The molecule has 7 nitrogen and oxygen atoms in total. The van der Waals surface area contributed by atoms with Crippen molar-refractivity contribution < 1.29 is 18.8 Å². The van der Waals surface area contributed by atoms with Crippen LogP contribution in [0, 0.1) is 0 Å². The highest BCUT2D eigenvalue weighted by Gasteiger charge is 2.20. The van der Waals surface area contributed by atoms with Crippen molar-refractivity contribution in [2.45, 2.75) is 59.3 Å². The zero-order valence-electron chi connectivity index (χ0n) is 16.8. The van der Waals surface area contributed by atoms with Crippen LogP contribution in [0.5, 0.6) is 11.5 Å². The lowest BCUT2D eigenvalue weighted by Gasteiger charge is -2.13. The van der Waals surface area contributed by atoms with Crippen LogP contribution in [-0.4, -0.2) is 29.3 Å². The first-order chi connectivity index (χ1) is 12.8. The summed E-state index contributed by atoms with van der Waals surface area (Å²) in [6, 6.07) is 5.38. The van der Waals surface area contributed by atoms with E-state index in [0.29, 0.717) is 61.4 Å². The van der Waals surface area contributed by atoms with Gasteiger partial charge in [-0.25, -0.2) is 0 Å². The van der Waals surface area contributed by atoms with Gasteiger partial charge in [0.2, 0.25) is 11.8 Å². The molecule has 2 rings (SSSR count). The molecule has 27 heavy (non-hydrogen) atoms. The smallest absolute Gasteiger partial charge is 0.226 e. The predicted octanol–water partition coefficient (Wildman–Crippen LogP) is 4.13. The van der Waals surface area contributed by atoms with Gasteiger partial charge in [0.25, 0.3) is 0 Å². The van der Waals surface area contributed by atoms with Gasteiger partial charge in [-0.05, 0) is 32.4 Å². The second kappa shape index (κ2) is 9.39. The minimum absolute atomic E-state index is 0.0721. The molecule has 0 unspecified atom stereocenters. The van der Waals surface area contributed by atoms with Crippen LogP contribution >= 0.6 is 0 Å². The molecule has 0 saturated carbocycles. The highest BCUT2D eigenvalue weighted by Crippen LogP contribution is 2.30. The maximum Gasteiger partial charge on any atom is 0.226 e. The minimum Gasteiger partial charge on any atom is -0.490 e. The van der Waals surface area contributed by atoms with Crippen molar-refractivity contribution in [1.29, 1.82) is 0 Å². The number of anilines is 1. The SMILES string of the molecule is CCOc1ccc(NC(=O)CCCc2nc(C(C)(C)C)no2)cc1OCC. The molecule has 0 atom stereocenters. The molecule has 0 saturated heterocycles. The average molecular weight is 375 g/mol. The normalized spacial score (nSPS) is 11.3. The lowest BCUT2D eigenvalue weighted by Crippen LogP contribution is -2.13. The Balaban J connectivity index is 1.86. The van der Waals surface area contributed by atoms with Crippen LogP contribution in [0.1, 0.15) is 59.2 Å². The number of aryl methyl sites for hydroxylation is 1. The van der Waals surface area contributed by atoms with E-state index >= 15 is 0 Å². The van der Waals surface area contributed by atoms with Gasteiger partial charge in [-0.2, -0.15) is 4.98 Å². The fourth-order valence-corrected chi connectivity index (χ4v) is 2.41. The first-order valence-corrected chi connectivity index (χ1v) is 9.36. The largest absolute Gasteiger partial charge is 0.490 e. The molecule has 1 heterocycles. The summed E-state index contributed by atoms with van der Waals surface area (Å²) in [5, 5.41) is 6.88. The fourth-order valence-electron chi connectivity index (χ4n) is 2.41. The molecule has 0 spiro atoms. The Morgan fingerprint density at radius 3 is 2.48 bits per heavy atom. The molecule has 1 aromatic carbocycles. The predicted molar refractivity (Wildman–Crippen MR) is 103 cm³/mol. The monoisotopic (exact) mass is 375 g/mol. The zero-order valence-corrected chi connectivity index (χ0v) is 16.8. The topological polar surface area (TPSA) is 86.5 Å². The minimum atomic E-state index is -0.148. The number of carbonyl (C=O) groups is 1. The summed E-state index contributed by atoms with van der Waals surface area (Å²) in [5.74, 6) is 2.46. The van der Waals surface area contributed by atoms with Crippen molar-refractivity contribution in [2.24, 2.45) is 0 Å². The number of rotatable bonds is 9. The molecule has 0 fully saturated rings. The molecular formula is C20H29N3O4. The average Bonchev–Trinajstić information content (AvgIpc) is 3.07. The van der Waals surface area contributed by atoms with Crippen LogP contribution < -0.4 is 14.8 Å². The Kier molecular flexibility index (Phi) is 7.21. The van der Waals surface area contributed by atoms with Gasteiger partial charge in [-0.3, -0.25) is 4.79 Å². The Hall–Kier alpha value is -2.57. The molecule has 1 amide bonds. The molecule has 148 valence electrons. The van der Waals surface area contributed by atoms with E-state index in [1.54, 1.807) is 18.2 Å². The molecule has 1 N–H and O–H groups in total. The van der Waals surface area contributed by atoms with Crippen LogP contribution in [0.25, 0.3) is 0 Å². The summed E-state index contributed by atoms with van der Waals surface area (Å²) in [6.45, 7) is 11.0. The van der Waals surface area contributed by atoms with Gasteiger partial charge < -0.3 is 19.3 Å². The Morgan fingerprint density at radius 2 is 1.85 bits per heavy atom. The van der Waals surface area contributed by atoms with Crippen LogP contribution in [0.2, 0.25) is 0 Å². The standard InChI is InChI=1S/C20H29N3O4/c1-6-25-15-12-11-14(13-16(15)26-7-2)21-17(24)9-8-10-18-22-19(23-27-18)20(3,4)5/h11-13H,6-10H2,1-5H3,(H,21,24). The third-order valence-corrected chi connectivity index (χ3v) is 3.76. The van der Waals surface area contributed by atoms with E-state index < -0.39 is 0 Å². The summed E-state index contributed by atoms with van der Waals surface area (Å²) in [7, 11) is 0. The molecule has 0 aliphatic carbocycles. The maximum absolute atomic E-state index is 12.2. The molecule has 7 heteroatoms. The number of amides is 1. The number of aromatic nitrogens is 2. The van der Waals surface area contributed by atoms with Gasteiger partial charge >= 0.3 is 0 Å².